The van der Waals surface area contributed by atoms with Crippen molar-refractivity contribution in [2.45, 2.75) is 19.3 Å². The van der Waals surface area contributed by atoms with Gasteiger partial charge in [0.05, 0.1) is 17.1 Å². The number of fused-ring (bicyclic) bond motifs is 1. The van der Waals surface area contributed by atoms with Gasteiger partial charge < -0.3 is 5.73 Å². The Labute approximate surface area is 101 Å². The summed E-state index contributed by atoms with van der Waals surface area (Å²) in [6.45, 7) is 0.540. The molecule has 0 amide bonds. The summed E-state index contributed by atoms with van der Waals surface area (Å²) in [7, 11) is -3.18. The van der Waals surface area contributed by atoms with Crippen molar-refractivity contribution in [3.8, 4) is 0 Å². The lowest BCUT2D eigenvalue weighted by atomic mass is 10.1. The van der Waals surface area contributed by atoms with Crippen LogP contribution in [-0.2, 0) is 16.4 Å². The van der Waals surface area contributed by atoms with E-state index in [1.807, 2.05) is 12.1 Å². The molecule has 5 heteroatoms. The van der Waals surface area contributed by atoms with Gasteiger partial charge in [-0.25, -0.2) is 8.42 Å². The number of nitrogen functional groups attached to an aromatic ring is 1. The molecule has 0 aromatic heterocycles. The summed E-state index contributed by atoms with van der Waals surface area (Å²) in [6.07, 6.45) is 2.86. The highest BCUT2D eigenvalue weighted by atomic mass is 32.2. The van der Waals surface area contributed by atoms with E-state index in [2.05, 4.69) is 0 Å². The lowest BCUT2D eigenvalue weighted by molar-refractivity contribution is 0.588. The predicted molar refractivity (Wildman–Crippen MR) is 68.4 cm³/mol. The molecule has 1 aromatic carbocycles. The number of nitrogens with zero attached hydrogens (tertiary/aromatic N) is 1. The number of nitrogens with two attached hydrogens (primary N) is 1. The van der Waals surface area contributed by atoms with Crippen molar-refractivity contribution in [1.82, 2.24) is 0 Å². The molecule has 1 aliphatic heterocycles. The number of para-hydroxylation sites is 1. The van der Waals surface area contributed by atoms with Crippen molar-refractivity contribution in [3.05, 3.63) is 23.8 Å². The van der Waals surface area contributed by atoms with E-state index >= 15 is 0 Å². The van der Waals surface area contributed by atoms with Gasteiger partial charge in [0.25, 0.3) is 0 Å². The zero-order valence-corrected chi connectivity index (χ0v) is 10.4. The average molecular weight is 252 g/mol. The molecule has 92 valence electrons. The first-order chi connectivity index (χ1) is 8.08. The molecule has 0 spiro atoms. The Morgan fingerprint density at radius 1 is 1.35 bits per heavy atom. The van der Waals surface area contributed by atoms with Crippen LogP contribution in [0.15, 0.2) is 18.2 Å². The first-order valence-electron chi connectivity index (χ1n) is 5.96. The molecule has 2 N–H and O–H groups in total. The second kappa shape index (κ2) is 3.63. The number of anilines is 2. The van der Waals surface area contributed by atoms with E-state index in [-0.39, 0.29) is 5.75 Å². The largest absolute Gasteiger partial charge is 0.397 e. The summed E-state index contributed by atoms with van der Waals surface area (Å²) in [5, 5.41) is 0. The van der Waals surface area contributed by atoms with Gasteiger partial charge in [-0.15, -0.1) is 0 Å². The number of rotatable bonds is 3. The maximum Gasteiger partial charge on any atom is 0.235 e. The lowest BCUT2D eigenvalue weighted by Gasteiger charge is -2.20. The highest BCUT2D eigenvalue weighted by Crippen LogP contribution is 2.38. The summed E-state index contributed by atoms with van der Waals surface area (Å²) >= 11 is 0. The van der Waals surface area contributed by atoms with E-state index in [0.29, 0.717) is 23.8 Å². The van der Waals surface area contributed by atoms with Gasteiger partial charge in [0.15, 0.2) is 0 Å². The molecule has 2 aliphatic rings. The molecule has 1 fully saturated rings. The second-order valence-corrected chi connectivity index (χ2v) is 6.84. The minimum Gasteiger partial charge on any atom is -0.397 e. The molecule has 0 bridgehead atoms. The van der Waals surface area contributed by atoms with Crippen LogP contribution in [0.1, 0.15) is 18.4 Å². The van der Waals surface area contributed by atoms with Crippen LogP contribution in [0.4, 0.5) is 11.4 Å². The summed E-state index contributed by atoms with van der Waals surface area (Å²) < 4.78 is 26.0. The Morgan fingerprint density at radius 3 is 2.82 bits per heavy atom. The lowest BCUT2D eigenvalue weighted by Crippen LogP contribution is -2.32. The second-order valence-electron chi connectivity index (χ2n) is 4.90. The van der Waals surface area contributed by atoms with E-state index in [1.165, 1.54) is 4.31 Å². The molecule has 0 unspecified atom stereocenters. The van der Waals surface area contributed by atoms with Crippen LogP contribution in [0.3, 0.4) is 0 Å². The van der Waals surface area contributed by atoms with Gasteiger partial charge in [-0.05, 0) is 36.8 Å². The fourth-order valence-corrected chi connectivity index (χ4v) is 4.38. The highest BCUT2D eigenvalue weighted by molar-refractivity contribution is 7.92. The monoisotopic (exact) mass is 252 g/mol. The topological polar surface area (TPSA) is 63.4 Å². The predicted octanol–water partition coefficient (Wildman–Crippen LogP) is 1.37. The molecule has 0 atom stereocenters. The van der Waals surface area contributed by atoms with E-state index in [4.69, 9.17) is 5.73 Å². The van der Waals surface area contributed by atoms with Crippen LogP contribution in [0.5, 0.6) is 0 Å². The van der Waals surface area contributed by atoms with Gasteiger partial charge in [-0.1, -0.05) is 12.1 Å². The zero-order chi connectivity index (χ0) is 12.0. The van der Waals surface area contributed by atoms with E-state index in [9.17, 15) is 8.42 Å². The summed E-state index contributed by atoms with van der Waals surface area (Å²) in [5.74, 6) is 0.648. The maximum atomic E-state index is 12.3. The maximum absolute atomic E-state index is 12.3. The van der Waals surface area contributed by atoms with Crippen molar-refractivity contribution in [1.29, 1.82) is 0 Å². The molecular weight excluding hydrogens is 236 g/mol. The fraction of sp³-hybridized carbons (Fsp3) is 0.500. The molecule has 3 rings (SSSR count). The third-order valence-electron chi connectivity index (χ3n) is 3.46. The Balaban J connectivity index is 1.97. The third kappa shape index (κ3) is 1.88. The smallest absolute Gasteiger partial charge is 0.235 e. The van der Waals surface area contributed by atoms with Gasteiger partial charge in [0, 0.05) is 6.54 Å². The van der Waals surface area contributed by atoms with Crippen molar-refractivity contribution in [2.24, 2.45) is 5.92 Å². The molecular formula is C12H16N2O2S. The van der Waals surface area contributed by atoms with Crippen LogP contribution in [-0.4, -0.2) is 20.7 Å². The standard InChI is InChI=1S/C12H16N2O2S/c13-11-3-1-2-10-6-7-14(12(10)11)17(15,16)8-9-4-5-9/h1-3,9H,4-8,13H2. The van der Waals surface area contributed by atoms with Crippen LogP contribution in [0.2, 0.25) is 0 Å². The number of hydrogen-bond acceptors (Lipinski definition) is 3. The molecule has 1 aromatic rings. The SMILES string of the molecule is Nc1cccc2c1N(S(=O)(=O)CC1CC1)CC2. The normalized spacial score (nSPS) is 19.4. The van der Waals surface area contributed by atoms with Crippen LogP contribution in [0.25, 0.3) is 0 Å². The molecule has 4 nitrogen and oxygen atoms in total. The molecule has 1 heterocycles. The number of benzene rings is 1. The van der Waals surface area contributed by atoms with Crippen molar-refractivity contribution >= 4 is 21.4 Å². The Morgan fingerprint density at radius 2 is 2.12 bits per heavy atom. The zero-order valence-electron chi connectivity index (χ0n) is 9.59. The first kappa shape index (κ1) is 10.9. The molecule has 1 saturated carbocycles. The first-order valence-corrected chi connectivity index (χ1v) is 7.56. The van der Waals surface area contributed by atoms with Gasteiger partial charge in [-0.3, -0.25) is 4.31 Å². The van der Waals surface area contributed by atoms with E-state index in [1.54, 1.807) is 6.07 Å². The van der Waals surface area contributed by atoms with Gasteiger partial charge in [0.1, 0.15) is 0 Å². The van der Waals surface area contributed by atoms with Crippen LogP contribution < -0.4 is 10.0 Å². The fourth-order valence-electron chi connectivity index (χ4n) is 2.40. The quantitative estimate of drug-likeness (QED) is 0.826. The number of hydrogen-bond donors (Lipinski definition) is 1. The molecule has 17 heavy (non-hydrogen) atoms. The average Bonchev–Trinajstić information content (AvgIpc) is 2.94. The van der Waals surface area contributed by atoms with Crippen molar-refractivity contribution in [3.63, 3.8) is 0 Å². The van der Waals surface area contributed by atoms with Crippen molar-refractivity contribution in [2.75, 3.05) is 22.3 Å². The summed E-state index contributed by atoms with van der Waals surface area (Å²) in [5.41, 5.74) is 8.23. The third-order valence-corrected chi connectivity index (χ3v) is 5.39. The Kier molecular flexibility index (Phi) is 2.33. The molecule has 1 aliphatic carbocycles. The van der Waals surface area contributed by atoms with Crippen LogP contribution in [0, 0.1) is 5.92 Å². The van der Waals surface area contributed by atoms with Crippen molar-refractivity contribution < 1.29 is 8.42 Å². The summed E-state index contributed by atoms with van der Waals surface area (Å²) in [6, 6.07) is 5.60. The molecule has 0 radical (unpaired) electrons. The van der Waals surface area contributed by atoms with E-state index < -0.39 is 10.0 Å². The minimum absolute atomic E-state index is 0.279. The number of sulfonamides is 1. The van der Waals surface area contributed by atoms with Gasteiger partial charge in [-0.2, -0.15) is 0 Å². The Hall–Kier alpha value is -1.23. The molecule has 0 saturated heterocycles. The van der Waals surface area contributed by atoms with Gasteiger partial charge >= 0.3 is 0 Å². The summed E-state index contributed by atoms with van der Waals surface area (Å²) in [4.78, 5) is 0. The van der Waals surface area contributed by atoms with Gasteiger partial charge in [0.2, 0.25) is 10.0 Å². The van der Waals surface area contributed by atoms with E-state index in [0.717, 1.165) is 24.8 Å². The highest BCUT2D eigenvalue weighted by Gasteiger charge is 2.35. The van der Waals surface area contributed by atoms with Crippen LogP contribution >= 0.6 is 0 Å². The minimum atomic E-state index is -3.18. The Bertz CT molecular complexity index is 550.